The Labute approximate surface area is 137 Å². The third-order valence-corrected chi connectivity index (χ3v) is 3.57. The van der Waals surface area contributed by atoms with E-state index in [0.717, 1.165) is 28.4 Å². The molecule has 0 amide bonds. The average molecular weight is 303 g/mol. The molecule has 0 aromatic heterocycles. The quantitative estimate of drug-likeness (QED) is 0.568. The Morgan fingerprint density at radius 2 is 1.09 bits per heavy atom. The first-order valence-electron chi connectivity index (χ1n) is 7.66. The maximum atomic E-state index is 6.05. The molecule has 0 bridgehead atoms. The molecule has 3 nitrogen and oxygen atoms in total. The zero-order valence-electron chi connectivity index (χ0n) is 13.4. The predicted octanol–water partition coefficient (Wildman–Crippen LogP) is 5.37. The molecule has 0 aliphatic rings. The van der Waals surface area contributed by atoms with Crippen LogP contribution in [0.4, 0.5) is 28.4 Å². The van der Waals surface area contributed by atoms with Crippen molar-refractivity contribution in [3.8, 4) is 0 Å². The summed E-state index contributed by atoms with van der Waals surface area (Å²) in [5.74, 6) is 0. The predicted molar refractivity (Wildman–Crippen MR) is 99.8 cm³/mol. The number of nitrogens with two attached hydrogens (primary N) is 1. The van der Waals surface area contributed by atoms with Crippen LogP contribution in [0.25, 0.3) is 0 Å². The summed E-state index contributed by atoms with van der Waals surface area (Å²) in [5, 5.41) is 6.81. The van der Waals surface area contributed by atoms with Gasteiger partial charge in [-0.2, -0.15) is 0 Å². The van der Waals surface area contributed by atoms with Gasteiger partial charge in [-0.3, -0.25) is 0 Å². The number of hydrogen-bond acceptors (Lipinski definition) is 3. The molecule has 0 radical (unpaired) electrons. The third-order valence-electron chi connectivity index (χ3n) is 3.57. The van der Waals surface area contributed by atoms with Crippen molar-refractivity contribution in [2.24, 2.45) is 0 Å². The lowest BCUT2D eigenvalue weighted by Crippen LogP contribution is -1.97. The van der Waals surface area contributed by atoms with Crippen molar-refractivity contribution in [3.05, 3.63) is 77.9 Å². The smallest absolute Gasteiger partial charge is 0.0425 e. The van der Waals surface area contributed by atoms with Crippen LogP contribution in [-0.4, -0.2) is 0 Å². The van der Waals surface area contributed by atoms with Crippen molar-refractivity contribution < 1.29 is 0 Å². The largest absolute Gasteiger partial charge is 0.399 e. The van der Waals surface area contributed by atoms with Gasteiger partial charge in [0.05, 0.1) is 0 Å². The molecular weight excluding hydrogens is 282 g/mol. The molecular formula is C20H21N3. The standard InChI is InChI=1S/C20H21N3/c1-14-5-3-7-17(9-14)22-19-11-16(21)12-20(13-19)23-18-8-4-6-15(2)10-18/h3-13,22-23H,21H2,1-2H3. The molecule has 0 heterocycles. The summed E-state index contributed by atoms with van der Waals surface area (Å²) in [4.78, 5) is 0. The van der Waals surface area contributed by atoms with Gasteiger partial charge in [0, 0.05) is 28.4 Å². The zero-order valence-corrected chi connectivity index (χ0v) is 13.4. The Morgan fingerprint density at radius 3 is 1.52 bits per heavy atom. The molecule has 116 valence electrons. The van der Waals surface area contributed by atoms with Gasteiger partial charge < -0.3 is 16.4 Å². The van der Waals surface area contributed by atoms with E-state index < -0.39 is 0 Å². The Balaban J connectivity index is 1.84. The van der Waals surface area contributed by atoms with Crippen LogP contribution in [-0.2, 0) is 0 Å². The van der Waals surface area contributed by atoms with Crippen molar-refractivity contribution >= 4 is 28.4 Å². The van der Waals surface area contributed by atoms with E-state index in [1.165, 1.54) is 11.1 Å². The van der Waals surface area contributed by atoms with Crippen LogP contribution in [0.3, 0.4) is 0 Å². The van der Waals surface area contributed by atoms with Gasteiger partial charge in [-0.15, -0.1) is 0 Å². The molecule has 23 heavy (non-hydrogen) atoms. The van der Waals surface area contributed by atoms with Crippen molar-refractivity contribution in [2.75, 3.05) is 16.4 Å². The van der Waals surface area contributed by atoms with E-state index in [1.807, 2.05) is 36.4 Å². The van der Waals surface area contributed by atoms with Crippen molar-refractivity contribution in [1.82, 2.24) is 0 Å². The highest BCUT2D eigenvalue weighted by Gasteiger charge is 2.02. The van der Waals surface area contributed by atoms with Gasteiger partial charge in [-0.05, 0) is 67.4 Å². The first-order valence-corrected chi connectivity index (χ1v) is 7.66. The zero-order chi connectivity index (χ0) is 16.2. The lowest BCUT2D eigenvalue weighted by Gasteiger charge is -2.12. The van der Waals surface area contributed by atoms with Crippen molar-refractivity contribution in [3.63, 3.8) is 0 Å². The number of benzene rings is 3. The lowest BCUT2D eigenvalue weighted by molar-refractivity contribution is 1.44. The van der Waals surface area contributed by atoms with Gasteiger partial charge in [0.15, 0.2) is 0 Å². The third kappa shape index (κ3) is 4.04. The van der Waals surface area contributed by atoms with E-state index in [-0.39, 0.29) is 0 Å². The van der Waals surface area contributed by atoms with Crippen LogP contribution in [0.2, 0.25) is 0 Å². The van der Waals surface area contributed by atoms with Gasteiger partial charge in [0.2, 0.25) is 0 Å². The number of nitrogen functional groups attached to an aromatic ring is 1. The maximum Gasteiger partial charge on any atom is 0.0425 e. The highest BCUT2D eigenvalue weighted by Crippen LogP contribution is 2.26. The number of aryl methyl sites for hydroxylation is 2. The molecule has 0 unspecified atom stereocenters. The molecule has 3 aromatic rings. The van der Waals surface area contributed by atoms with Crippen LogP contribution in [0.1, 0.15) is 11.1 Å². The highest BCUT2D eigenvalue weighted by molar-refractivity contribution is 5.73. The van der Waals surface area contributed by atoms with E-state index in [4.69, 9.17) is 5.73 Å². The second-order valence-corrected chi connectivity index (χ2v) is 5.83. The molecule has 0 saturated carbocycles. The fourth-order valence-corrected chi connectivity index (χ4v) is 2.57. The molecule has 0 atom stereocenters. The Hall–Kier alpha value is -2.94. The van der Waals surface area contributed by atoms with Crippen LogP contribution in [0, 0.1) is 13.8 Å². The van der Waals surface area contributed by atoms with Crippen LogP contribution in [0.5, 0.6) is 0 Å². The molecule has 0 aliphatic carbocycles. The van der Waals surface area contributed by atoms with Gasteiger partial charge in [-0.1, -0.05) is 24.3 Å². The second kappa shape index (κ2) is 6.44. The Kier molecular flexibility index (Phi) is 4.20. The van der Waals surface area contributed by atoms with Crippen LogP contribution >= 0.6 is 0 Å². The van der Waals surface area contributed by atoms with E-state index >= 15 is 0 Å². The second-order valence-electron chi connectivity index (χ2n) is 5.83. The average Bonchev–Trinajstić information content (AvgIpc) is 2.46. The molecule has 4 N–H and O–H groups in total. The van der Waals surface area contributed by atoms with E-state index in [1.54, 1.807) is 0 Å². The van der Waals surface area contributed by atoms with Crippen LogP contribution in [0.15, 0.2) is 66.7 Å². The van der Waals surface area contributed by atoms with Gasteiger partial charge in [-0.25, -0.2) is 0 Å². The van der Waals surface area contributed by atoms with Gasteiger partial charge >= 0.3 is 0 Å². The topological polar surface area (TPSA) is 50.1 Å². The summed E-state index contributed by atoms with van der Waals surface area (Å²) >= 11 is 0. The Morgan fingerprint density at radius 1 is 0.609 bits per heavy atom. The summed E-state index contributed by atoms with van der Waals surface area (Å²) in [6.07, 6.45) is 0. The summed E-state index contributed by atoms with van der Waals surface area (Å²) in [6, 6.07) is 22.5. The number of rotatable bonds is 4. The minimum Gasteiger partial charge on any atom is -0.399 e. The van der Waals surface area contributed by atoms with Gasteiger partial charge in [0.1, 0.15) is 0 Å². The first-order chi connectivity index (χ1) is 11.1. The van der Waals surface area contributed by atoms with Crippen LogP contribution < -0.4 is 16.4 Å². The summed E-state index contributed by atoms with van der Waals surface area (Å²) in [7, 11) is 0. The summed E-state index contributed by atoms with van der Waals surface area (Å²) in [5.41, 5.74) is 13.2. The Bertz CT molecular complexity index is 759. The SMILES string of the molecule is Cc1cccc(Nc2cc(N)cc(Nc3cccc(C)c3)c2)c1. The monoisotopic (exact) mass is 303 g/mol. The molecule has 3 heteroatoms. The summed E-state index contributed by atoms with van der Waals surface area (Å²) in [6.45, 7) is 4.16. The summed E-state index contributed by atoms with van der Waals surface area (Å²) < 4.78 is 0. The lowest BCUT2D eigenvalue weighted by atomic mass is 10.2. The van der Waals surface area contributed by atoms with E-state index in [0.29, 0.717) is 0 Å². The molecule has 0 saturated heterocycles. The molecule has 0 spiro atoms. The molecule has 0 fully saturated rings. The highest BCUT2D eigenvalue weighted by atomic mass is 14.9. The minimum atomic E-state index is 0.720. The van der Waals surface area contributed by atoms with Crippen molar-refractivity contribution in [2.45, 2.75) is 13.8 Å². The maximum absolute atomic E-state index is 6.05. The van der Waals surface area contributed by atoms with Crippen molar-refractivity contribution in [1.29, 1.82) is 0 Å². The molecule has 0 aliphatic heterocycles. The fourth-order valence-electron chi connectivity index (χ4n) is 2.57. The minimum absolute atomic E-state index is 0.720. The van der Waals surface area contributed by atoms with Gasteiger partial charge in [0.25, 0.3) is 0 Å². The normalized spacial score (nSPS) is 10.3. The van der Waals surface area contributed by atoms with E-state index in [9.17, 15) is 0 Å². The van der Waals surface area contributed by atoms with E-state index in [2.05, 4.69) is 54.8 Å². The fraction of sp³-hybridized carbons (Fsp3) is 0.100. The molecule has 3 aromatic carbocycles. The first kappa shape index (κ1) is 15.0. The number of hydrogen-bond donors (Lipinski definition) is 3. The molecule has 3 rings (SSSR count). The number of nitrogens with one attached hydrogen (secondary N) is 2. The number of anilines is 5.